The third-order valence-electron chi connectivity index (χ3n) is 3.35. The molecule has 0 saturated heterocycles. The number of hydrogen-bond acceptors (Lipinski definition) is 2. The molecule has 1 amide bonds. The first kappa shape index (κ1) is 15.0. The van der Waals surface area contributed by atoms with Crippen LogP contribution < -0.4 is 5.32 Å². The average Bonchev–Trinajstić information content (AvgIpc) is 2.22. The minimum absolute atomic E-state index is 0.0181. The number of amides is 1. The fourth-order valence-electron chi connectivity index (χ4n) is 1.45. The Morgan fingerprint density at radius 1 is 1.50 bits per heavy atom. The van der Waals surface area contributed by atoms with Crippen molar-refractivity contribution in [2.24, 2.45) is 11.3 Å². The lowest BCUT2D eigenvalue weighted by atomic mass is 9.80. The summed E-state index contributed by atoms with van der Waals surface area (Å²) >= 11 is 5.97. The molecule has 1 aromatic heterocycles. The average molecular weight is 269 g/mol. The molecule has 0 aliphatic heterocycles. The first-order valence-electron chi connectivity index (χ1n) is 6.12. The van der Waals surface area contributed by atoms with Crippen molar-refractivity contribution in [2.75, 3.05) is 5.32 Å². The fraction of sp³-hybridized carbons (Fsp3) is 0.571. The van der Waals surface area contributed by atoms with E-state index in [2.05, 4.69) is 38.0 Å². The molecule has 1 N–H and O–H groups in total. The van der Waals surface area contributed by atoms with Gasteiger partial charge >= 0.3 is 0 Å². The lowest BCUT2D eigenvalue weighted by Gasteiger charge is -2.26. The molecule has 0 aliphatic carbocycles. The van der Waals surface area contributed by atoms with Crippen LogP contribution in [0.25, 0.3) is 0 Å². The number of pyridine rings is 1. The summed E-state index contributed by atoms with van der Waals surface area (Å²) in [6.45, 7) is 10.4. The van der Waals surface area contributed by atoms with Crippen molar-refractivity contribution >= 4 is 23.2 Å². The van der Waals surface area contributed by atoms with Gasteiger partial charge in [-0.1, -0.05) is 39.3 Å². The predicted octanol–water partition coefficient (Wildman–Crippen LogP) is 4.05. The zero-order chi connectivity index (χ0) is 13.9. The van der Waals surface area contributed by atoms with Crippen LogP contribution in [0.1, 0.15) is 39.7 Å². The molecule has 0 fully saturated rings. The molecule has 100 valence electrons. The van der Waals surface area contributed by atoms with Gasteiger partial charge in [-0.25, -0.2) is 4.98 Å². The first-order chi connectivity index (χ1) is 8.21. The number of nitrogens with one attached hydrogen (secondary N) is 1. The standard InChI is InChI=1S/C14H21ClN2O/c1-9-6-7-16-13(15)12(9)17-11(18)8-10(2)14(3,4)5/h6-7,10H,8H2,1-5H3,(H,17,18). The van der Waals surface area contributed by atoms with E-state index in [1.807, 2.05) is 13.0 Å². The minimum Gasteiger partial charge on any atom is -0.323 e. The maximum Gasteiger partial charge on any atom is 0.224 e. The van der Waals surface area contributed by atoms with E-state index in [-0.39, 0.29) is 11.3 Å². The predicted molar refractivity (Wildman–Crippen MR) is 75.8 cm³/mol. The van der Waals surface area contributed by atoms with Gasteiger partial charge in [0.05, 0.1) is 5.69 Å². The monoisotopic (exact) mass is 268 g/mol. The Morgan fingerprint density at radius 2 is 2.11 bits per heavy atom. The Bertz CT molecular complexity index is 418. The maximum atomic E-state index is 12.0. The molecule has 0 spiro atoms. The smallest absolute Gasteiger partial charge is 0.224 e. The first-order valence-corrected chi connectivity index (χ1v) is 6.50. The van der Waals surface area contributed by atoms with Gasteiger partial charge in [0.2, 0.25) is 5.91 Å². The van der Waals surface area contributed by atoms with Gasteiger partial charge in [0.25, 0.3) is 0 Å². The van der Waals surface area contributed by atoms with Gasteiger partial charge in [0.15, 0.2) is 5.15 Å². The van der Waals surface area contributed by atoms with Crippen molar-refractivity contribution in [1.29, 1.82) is 0 Å². The lowest BCUT2D eigenvalue weighted by Crippen LogP contribution is -2.24. The Labute approximate surface area is 114 Å². The van der Waals surface area contributed by atoms with Crippen LogP contribution in [0, 0.1) is 18.3 Å². The molecule has 1 heterocycles. The van der Waals surface area contributed by atoms with Crippen molar-refractivity contribution in [3.63, 3.8) is 0 Å². The number of aromatic nitrogens is 1. The van der Waals surface area contributed by atoms with Crippen LogP contribution in [-0.2, 0) is 4.79 Å². The van der Waals surface area contributed by atoms with Crippen LogP contribution in [0.4, 0.5) is 5.69 Å². The Balaban J connectivity index is 2.72. The van der Waals surface area contributed by atoms with Gasteiger partial charge < -0.3 is 5.32 Å². The molecule has 4 heteroatoms. The number of carbonyl (C=O) groups excluding carboxylic acids is 1. The van der Waals surface area contributed by atoms with Gasteiger partial charge in [-0.3, -0.25) is 4.79 Å². The van der Waals surface area contributed by atoms with Crippen molar-refractivity contribution in [3.8, 4) is 0 Å². The van der Waals surface area contributed by atoms with Crippen LogP contribution in [-0.4, -0.2) is 10.9 Å². The van der Waals surface area contributed by atoms with Crippen LogP contribution in [0.2, 0.25) is 5.15 Å². The molecule has 0 aliphatic rings. The zero-order valence-corrected chi connectivity index (χ0v) is 12.4. The summed E-state index contributed by atoms with van der Waals surface area (Å²) in [5.41, 5.74) is 1.66. The molecule has 1 aromatic rings. The third kappa shape index (κ3) is 3.98. The number of anilines is 1. The van der Waals surface area contributed by atoms with Crippen molar-refractivity contribution in [2.45, 2.75) is 41.0 Å². The lowest BCUT2D eigenvalue weighted by molar-refractivity contribution is -0.117. The molecule has 1 atom stereocenters. The fourth-order valence-corrected chi connectivity index (χ4v) is 1.70. The van der Waals surface area contributed by atoms with E-state index < -0.39 is 0 Å². The van der Waals surface area contributed by atoms with E-state index in [4.69, 9.17) is 11.6 Å². The molecule has 3 nitrogen and oxygen atoms in total. The van der Waals surface area contributed by atoms with Crippen LogP contribution in [0.5, 0.6) is 0 Å². The van der Waals surface area contributed by atoms with Crippen LogP contribution in [0.15, 0.2) is 12.3 Å². The highest BCUT2D eigenvalue weighted by Gasteiger charge is 2.23. The van der Waals surface area contributed by atoms with Gasteiger partial charge in [-0.15, -0.1) is 0 Å². The summed E-state index contributed by atoms with van der Waals surface area (Å²) in [6, 6.07) is 1.83. The number of aryl methyl sites for hydroxylation is 1. The Morgan fingerprint density at radius 3 is 2.61 bits per heavy atom. The summed E-state index contributed by atoms with van der Waals surface area (Å²) in [5, 5.41) is 3.19. The highest BCUT2D eigenvalue weighted by molar-refractivity contribution is 6.32. The quantitative estimate of drug-likeness (QED) is 0.840. The van der Waals surface area contributed by atoms with E-state index in [0.29, 0.717) is 23.2 Å². The summed E-state index contributed by atoms with van der Waals surface area (Å²) in [4.78, 5) is 15.9. The Hall–Kier alpha value is -1.09. The molecule has 18 heavy (non-hydrogen) atoms. The molecular weight excluding hydrogens is 248 g/mol. The molecular formula is C14H21ClN2O. The van der Waals surface area contributed by atoms with Gasteiger partial charge in [0, 0.05) is 12.6 Å². The zero-order valence-electron chi connectivity index (χ0n) is 11.7. The summed E-state index contributed by atoms with van der Waals surface area (Å²) < 4.78 is 0. The Kier molecular flexibility index (Phi) is 4.74. The van der Waals surface area contributed by atoms with E-state index in [0.717, 1.165) is 5.56 Å². The van der Waals surface area contributed by atoms with E-state index in [1.165, 1.54) is 0 Å². The molecule has 0 saturated carbocycles. The second-order valence-corrected chi connectivity index (χ2v) is 6.17. The molecule has 0 aromatic carbocycles. The molecule has 0 bridgehead atoms. The molecule has 1 unspecified atom stereocenters. The van der Waals surface area contributed by atoms with Gasteiger partial charge in [0.1, 0.15) is 0 Å². The number of rotatable bonds is 3. The number of carbonyl (C=O) groups is 1. The van der Waals surface area contributed by atoms with Gasteiger partial charge in [-0.2, -0.15) is 0 Å². The summed E-state index contributed by atoms with van der Waals surface area (Å²) in [6.07, 6.45) is 2.11. The maximum absolute atomic E-state index is 12.0. The number of halogens is 1. The van der Waals surface area contributed by atoms with E-state index in [9.17, 15) is 4.79 Å². The topological polar surface area (TPSA) is 42.0 Å². The normalized spacial score (nSPS) is 13.2. The third-order valence-corrected chi connectivity index (χ3v) is 3.63. The van der Waals surface area contributed by atoms with Gasteiger partial charge in [-0.05, 0) is 29.9 Å². The second-order valence-electron chi connectivity index (χ2n) is 5.81. The number of hydrogen-bond donors (Lipinski definition) is 1. The highest BCUT2D eigenvalue weighted by atomic mass is 35.5. The largest absolute Gasteiger partial charge is 0.323 e. The highest BCUT2D eigenvalue weighted by Crippen LogP contribution is 2.29. The van der Waals surface area contributed by atoms with E-state index >= 15 is 0 Å². The summed E-state index contributed by atoms with van der Waals surface area (Å²) in [5.74, 6) is 0.281. The molecule has 1 rings (SSSR count). The number of nitrogens with zero attached hydrogens (tertiary/aromatic N) is 1. The molecule has 0 radical (unpaired) electrons. The SMILES string of the molecule is Cc1ccnc(Cl)c1NC(=O)CC(C)C(C)(C)C. The van der Waals surface area contributed by atoms with E-state index in [1.54, 1.807) is 6.20 Å². The van der Waals surface area contributed by atoms with Crippen molar-refractivity contribution in [3.05, 3.63) is 23.0 Å². The minimum atomic E-state index is -0.0181. The summed E-state index contributed by atoms with van der Waals surface area (Å²) in [7, 11) is 0. The van der Waals surface area contributed by atoms with Crippen molar-refractivity contribution < 1.29 is 4.79 Å². The van der Waals surface area contributed by atoms with Crippen LogP contribution in [0.3, 0.4) is 0 Å². The second kappa shape index (κ2) is 5.70. The van der Waals surface area contributed by atoms with Crippen molar-refractivity contribution in [1.82, 2.24) is 4.98 Å². The van der Waals surface area contributed by atoms with Crippen LogP contribution >= 0.6 is 11.6 Å².